The molecule has 23 heavy (non-hydrogen) atoms. The van der Waals surface area contributed by atoms with E-state index in [2.05, 4.69) is 23.3 Å². The Balaban J connectivity index is 2.00. The maximum Gasteiger partial charge on any atom is 0.267 e. The molecule has 116 valence electrons. The fourth-order valence-corrected chi connectivity index (χ4v) is 2.61. The molecule has 1 heterocycles. The summed E-state index contributed by atoms with van der Waals surface area (Å²) < 4.78 is 1.49. The lowest BCUT2D eigenvalue weighted by molar-refractivity contribution is 0.642. The molecule has 0 aliphatic rings. The standard InChI is InChI=1S/C19H17ClN2O/c1-13-3-4-14(2)17(11-13)18-9-10-19(23)22(21-18)12-15-5-7-16(20)8-6-15/h3-11H,12H2,1-2H3. The second kappa shape index (κ2) is 6.39. The first-order chi connectivity index (χ1) is 11.0. The fourth-order valence-electron chi connectivity index (χ4n) is 2.48. The van der Waals surface area contributed by atoms with Crippen LogP contribution in [0.5, 0.6) is 0 Å². The van der Waals surface area contributed by atoms with Crippen LogP contribution in [0.15, 0.2) is 59.4 Å². The number of hydrogen-bond donors (Lipinski definition) is 0. The third-order valence-electron chi connectivity index (χ3n) is 3.78. The maximum atomic E-state index is 12.1. The first kappa shape index (κ1) is 15.5. The van der Waals surface area contributed by atoms with E-state index in [0.717, 1.165) is 22.4 Å². The predicted octanol–water partition coefficient (Wildman–Crippen LogP) is 4.23. The molecule has 0 radical (unpaired) electrons. The fraction of sp³-hybridized carbons (Fsp3) is 0.158. The van der Waals surface area contributed by atoms with Gasteiger partial charge < -0.3 is 0 Å². The van der Waals surface area contributed by atoms with Gasteiger partial charge in [-0.1, -0.05) is 41.4 Å². The van der Waals surface area contributed by atoms with Gasteiger partial charge >= 0.3 is 0 Å². The Kier molecular flexibility index (Phi) is 4.30. The van der Waals surface area contributed by atoms with Gasteiger partial charge in [0.1, 0.15) is 0 Å². The van der Waals surface area contributed by atoms with Crippen LogP contribution in [0.3, 0.4) is 0 Å². The highest BCUT2D eigenvalue weighted by Crippen LogP contribution is 2.21. The summed E-state index contributed by atoms with van der Waals surface area (Å²) in [6.07, 6.45) is 0. The van der Waals surface area contributed by atoms with E-state index in [0.29, 0.717) is 11.6 Å². The average Bonchev–Trinajstić information content (AvgIpc) is 2.54. The van der Waals surface area contributed by atoms with Crippen molar-refractivity contribution in [3.05, 3.63) is 86.7 Å². The number of rotatable bonds is 3. The molecule has 0 fully saturated rings. The van der Waals surface area contributed by atoms with E-state index in [4.69, 9.17) is 11.6 Å². The van der Waals surface area contributed by atoms with Crippen molar-refractivity contribution in [2.75, 3.05) is 0 Å². The van der Waals surface area contributed by atoms with E-state index < -0.39 is 0 Å². The minimum Gasteiger partial charge on any atom is -0.268 e. The number of aromatic nitrogens is 2. The van der Waals surface area contributed by atoms with Crippen molar-refractivity contribution in [3.63, 3.8) is 0 Å². The summed E-state index contributed by atoms with van der Waals surface area (Å²) >= 11 is 5.90. The molecule has 4 heteroatoms. The van der Waals surface area contributed by atoms with E-state index in [-0.39, 0.29) is 5.56 Å². The molecule has 0 bridgehead atoms. The summed E-state index contributed by atoms with van der Waals surface area (Å²) in [5.41, 5.74) is 5.04. The van der Waals surface area contributed by atoms with E-state index in [1.54, 1.807) is 12.1 Å². The van der Waals surface area contributed by atoms with E-state index >= 15 is 0 Å². The second-order valence-electron chi connectivity index (χ2n) is 5.66. The predicted molar refractivity (Wildman–Crippen MR) is 94.0 cm³/mol. The van der Waals surface area contributed by atoms with Crippen molar-refractivity contribution >= 4 is 11.6 Å². The lowest BCUT2D eigenvalue weighted by atomic mass is 10.0. The minimum absolute atomic E-state index is 0.117. The Morgan fingerprint density at radius 1 is 1.00 bits per heavy atom. The van der Waals surface area contributed by atoms with Crippen LogP contribution in [-0.2, 0) is 6.54 Å². The third kappa shape index (κ3) is 3.51. The number of halogens is 1. The summed E-state index contributed by atoms with van der Waals surface area (Å²) in [7, 11) is 0. The first-order valence-electron chi connectivity index (χ1n) is 7.43. The molecule has 0 aliphatic heterocycles. The largest absolute Gasteiger partial charge is 0.268 e. The van der Waals surface area contributed by atoms with Crippen molar-refractivity contribution in [1.82, 2.24) is 9.78 Å². The average molecular weight is 325 g/mol. The molecule has 0 amide bonds. The Morgan fingerprint density at radius 2 is 1.74 bits per heavy atom. The highest BCUT2D eigenvalue weighted by Gasteiger charge is 2.07. The van der Waals surface area contributed by atoms with Gasteiger partial charge in [-0.05, 0) is 49.2 Å². The Morgan fingerprint density at radius 3 is 2.48 bits per heavy atom. The molecule has 0 saturated heterocycles. The van der Waals surface area contributed by atoms with Crippen LogP contribution >= 0.6 is 11.6 Å². The van der Waals surface area contributed by atoms with Gasteiger partial charge in [-0.3, -0.25) is 4.79 Å². The zero-order valence-corrected chi connectivity index (χ0v) is 13.8. The van der Waals surface area contributed by atoms with E-state index in [1.807, 2.05) is 38.1 Å². The molecular weight excluding hydrogens is 308 g/mol. The summed E-state index contributed by atoms with van der Waals surface area (Å²) in [6.45, 7) is 4.52. The van der Waals surface area contributed by atoms with Crippen LogP contribution in [0.1, 0.15) is 16.7 Å². The van der Waals surface area contributed by atoms with Gasteiger partial charge in [-0.25, -0.2) is 4.68 Å². The number of benzene rings is 2. The summed E-state index contributed by atoms with van der Waals surface area (Å²) in [6, 6.07) is 17.0. The van der Waals surface area contributed by atoms with E-state index in [1.165, 1.54) is 10.2 Å². The minimum atomic E-state index is -0.117. The van der Waals surface area contributed by atoms with Crippen LogP contribution in [-0.4, -0.2) is 9.78 Å². The zero-order valence-electron chi connectivity index (χ0n) is 13.1. The molecule has 0 atom stereocenters. The van der Waals surface area contributed by atoms with Gasteiger partial charge in [-0.2, -0.15) is 5.10 Å². The van der Waals surface area contributed by atoms with Gasteiger partial charge in [0, 0.05) is 16.7 Å². The molecule has 3 rings (SSSR count). The lowest BCUT2D eigenvalue weighted by Gasteiger charge is -2.10. The summed E-state index contributed by atoms with van der Waals surface area (Å²) in [4.78, 5) is 12.1. The van der Waals surface area contributed by atoms with Gasteiger partial charge in [0.2, 0.25) is 0 Å². The van der Waals surface area contributed by atoms with Crippen LogP contribution in [0, 0.1) is 13.8 Å². The molecule has 0 N–H and O–H groups in total. The van der Waals surface area contributed by atoms with E-state index in [9.17, 15) is 4.79 Å². The molecule has 3 nitrogen and oxygen atoms in total. The van der Waals surface area contributed by atoms with Crippen LogP contribution < -0.4 is 5.56 Å². The topological polar surface area (TPSA) is 34.9 Å². The van der Waals surface area contributed by atoms with Crippen LogP contribution in [0.4, 0.5) is 0 Å². The Labute approximate surface area is 140 Å². The highest BCUT2D eigenvalue weighted by atomic mass is 35.5. The van der Waals surface area contributed by atoms with Crippen molar-refractivity contribution in [2.45, 2.75) is 20.4 Å². The summed E-state index contributed by atoms with van der Waals surface area (Å²) in [5.74, 6) is 0. The van der Waals surface area contributed by atoms with Crippen LogP contribution in [0.2, 0.25) is 5.02 Å². The molecule has 0 unspecified atom stereocenters. The Hall–Kier alpha value is -2.39. The molecule has 2 aromatic carbocycles. The summed E-state index contributed by atoms with van der Waals surface area (Å²) in [5, 5.41) is 5.21. The number of aryl methyl sites for hydroxylation is 2. The smallest absolute Gasteiger partial charge is 0.267 e. The van der Waals surface area contributed by atoms with Crippen molar-refractivity contribution < 1.29 is 0 Å². The van der Waals surface area contributed by atoms with Crippen molar-refractivity contribution in [1.29, 1.82) is 0 Å². The molecule has 1 aromatic heterocycles. The molecular formula is C19H17ClN2O. The Bertz CT molecular complexity index is 898. The third-order valence-corrected chi connectivity index (χ3v) is 4.03. The van der Waals surface area contributed by atoms with Gasteiger partial charge in [0.05, 0.1) is 12.2 Å². The van der Waals surface area contributed by atoms with Gasteiger partial charge in [0.15, 0.2) is 0 Å². The lowest BCUT2D eigenvalue weighted by Crippen LogP contribution is -2.22. The first-order valence-corrected chi connectivity index (χ1v) is 7.81. The molecule has 3 aromatic rings. The van der Waals surface area contributed by atoms with Crippen LogP contribution in [0.25, 0.3) is 11.3 Å². The zero-order chi connectivity index (χ0) is 16.4. The number of nitrogens with zero attached hydrogens (tertiary/aromatic N) is 2. The van der Waals surface area contributed by atoms with Crippen molar-refractivity contribution in [2.24, 2.45) is 0 Å². The second-order valence-corrected chi connectivity index (χ2v) is 6.10. The maximum absolute atomic E-state index is 12.1. The molecule has 0 saturated carbocycles. The normalized spacial score (nSPS) is 10.7. The highest BCUT2D eigenvalue weighted by molar-refractivity contribution is 6.30. The number of hydrogen-bond acceptors (Lipinski definition) is 2. The molecule has 0 spiro atoms. The SMILES string of the molecule is Cc1ccc(C)c(-c2ccc(=O)n(Cc3ccc(Cl)cc3)n2)c1. The monoisotopic (exact) mass is 324 g/mol. The van der Waals surface area contributed by atoms with Gasteiger partial charge in [0.25, 0.3) is 5.56 Å². The van der Waals surface area contributed by atoms with Gasteiger partial charge in [-0.15, -0.1) is 0 Å². The van der Waals surface area contributed by atoms with Crippen molar-refractivity contribution in [3.8, 4) is 11.3 Å². The molecule has 0 aliphatic carbocycles. The quantitative estimate of drug-likeness (QED) is 0.722.